The number of aliphatic hydroxyl groups is 1. The van der Waals surface area contributed by atoms with E-state index < -0.39 is 6.10 Å². The predicted molar refractivity (Wildman–Crippen MR) is 88.7 cm³/mol. The van der Waals surface area contributed by atoms with Gasteiger partial charge in [-0.2, -0.15) is 0 Å². The van der Waals surface area contributed by atoms with Crippen LogP contribution in [0.1, 0.15) is 36.6 Å². The Hall–Kier alpha value is -1.84. The first-order valence-corrected chi connectivity index (χ1v) is 7.61. The lowest BCUT2D eigenvalue weighted by Gasteiger charge is -2.26. The number of hydrogen-bond donors (Lipinski definition) is 1. The average Bonchev–Trinajstić information content (AvgIpc) is 2.54. The minimum Gasteiger partial charge on any atom is -0.388 e. The molecule has 0 aliphatic heterocycles. The Morgan fingerprint density at radius 1 is 1.14 bits per heavy atom. The van der Waals surface area contributed by atoms with Gasteiger partial charge in [-0.3, -0.25) is 4.79 Å². The smallest absolute Gasteiger partial charge is 0.225 e. The van der Waals surface area contributed by atoms with Crippen molar-refractivity contribution in [1.29, 1.82) is 0 Å². The van der Waals surface area contributed by atoms with Crippen LogP contribution in [-0.4, -0.2) is 23.0 Å². The minimum absolute atomic E-state index is 0.0609. The molecule has 2 aromatic rings. The maximum absolute atomic E-state index is 12.4. The van der Waals surface area contributed by atoms with Crippen LogP contribution >= 0.6 is 11.6 Å². The predicted octanol–water partition coefficient (Wildman–Crippen LogP) is 3.98. The number of carbonyl (C=O) groups excluding carboxylic acids is 1. The summed E-state index contributed by atoms with van der Waals surface area (Å²) in [5.41, 5.74) is 1.72. The van der Waals surface area contributed by atoms with E-state index in [9.17, 15) is 9.90 Å². The lowest BCUT2D eigenvalue weighted by Crippen LogP contribution is -2.30. The summed E-state index contributed by atoms with van der Waals surface area (Å²) in [5.74, 6) is -0.108. The summed E-state index contributed by atoms with van der Waals surface area (Å²) in [5, 5.41) is 10.8. The van der Waals surface area contributed by atoms with Crippen LogP contribution in [-0.2, 0) is 4.79 Å². The van der Waals surface area contributed by atoms with Crippen LogP contribution < -0.4 is 0 Å². The molecule has 0 saturated carbocycles. The van der Waals surface area contributed by atoms with Crippen molar-refractivity contribution in [3.63, 3.8) is 0 Å². The fraction of sp³-hybridized carbons (Fsp3) is 0.278. The van der Waals surface area contributed by atoms with Crippen LogP contribution in [0.3, 0.4) is 0 Å². The molecule has 0 spiro atoms. The second kappa shape index (κ2) is 7.43. The van der Waals surface area contributed by atoms with E-state index in [4.69, 9.17) is 11.6 Å². The fourth-order valence-electron chi connectivity index (χ4n) is 2.31. The zero-order valence-corrected chi connectivity index (χ0v) is 13.5. The minimum atomic E-state index is -0.789. The highest BCUT2D eigenvalue weighted by atomic mass is 35.5. The molecule has 0 aliphatic carbocycles. The van der Waals surface area contributed by atoms with Crippen LogP contribution in [0.15, 0.2) is 54.6 Å². The molecule has 2 atom stereocenters. The van der Waals surface area contributed by atoms with Gasteiger partial charge in [0.1, 0.15) is 0 Å². The average molecular weight is 318 g/mol. The van der Waals surface area contributed by atoms with E-state index >= 15 is 0 Å². The van der Waals surface area contributed by atoms with Gasteiger partial charge < -0.3 is 10.0 Å². The molecule has 22 heavy (non-hydrogen) atoms. The molecule has 0 saturated heterocycles. The van der Waals surface area contributed by atoms with Crippen molar-refractivity contribution in [2.24, 2.45) is 0 Å². The van der Waals surface area contributed by atoms with Crippen molar-refractivity contribution < 1.29 is 9.90 Å². The number of nitrogens with zero attached hydrogens (tertiary/aromatic N) is 1. The second-order valence-corrected chi connectivity index (χ2v) is 5.80. The molecule has 0 aromatic heterocycles. The lowest BCUT2D eigenvalue weighted by molar-refractivity contribution is -0.134. The van der Waals surface area contributed by atoms with Crippen molar-refractivity contribution in [2.45, 2.75) is 25.5 Å². The molecule has 116 valence electrons. The highest BCUT2D eigenvalue weighted by Crippen LogP contribution is 2.24. The third-order valence-corrected chi connectivity index (χ3v) is 4.09. The first-order valence-electron chi connectivity index (χ1n) is 7.23. The zero-order chi connectivity index (χ0) is 16.1. The Morgan fingerprint density at radius 2 is 1.77 bits per heavy atom. The maximum atomic E-state index is 12.4. The highest BCUT2D eigenvalue weighted by Gasteiger charge is 2.21. The third-order valence-electron chi connectivity index (χ3n) is 3.86. The molecule has 1 N–H and O–H groups in total. The van der Waals surface area contributed by atoms with E-state index in [0.717, 1.165) is 11.1 Å². The monoisotopic (exact) mass is 317 g/mol. The Kier molecular flexibility index (Phi) is 5.58. The molecule has 4 heteroatoms. The van der Waals surface area contributed by atoms with Crippen molar-refractivity contribution in [2.75, 3.05) is 7.05 Å². The first-order chi connectivity index (χ1) is 10.5. The number of benzene rings is 2. The van der Waals surface area contributed by atoms with Crippen LogP contribution in [0.25, 0.3) is 0 Å². The second-order valence-electron chi connectivity index (χ2n) is 5.37. The fourth-order valence-corrected chi connectivity index (χ4v) is 2.51. The van der Waals surface area contributed by atoms with Gasteiger partial charge in [-0.25, -0.2) is 0 Å². The molecule has 0 bridgehead atoms. The van der Waals surface area contributed by atoms with Gasteiger partial charge in [-0.15, -0.1) is 0 Å². The Labute approximate surface area is 136 Å². The molecule has 0 radical (unpaired) electrons. The van der Waals surface area contributed by atoms with Gasteiger partial charge in [-0.05, 0) is 30.2 Å². The van der Waals surface area contributed by atoms with E-state index in [0.29, 0.717) is 5.02 Å². The molecular weight excluding hydrogens is 298 g/mol. The van der Waals surface area contributed by atoms with E-state index in [-0.39, 0.29) is 18.4 Å². The van der Waals surface area contributed by atoms with Gasteiger partial charge >= 0.3 is 0 Å². The van der Waals surface area contributed by atoms with Crippen molar-refractivity contribution in [3.8, 4) is 0 Å². The number of aliphatic hydroxyl groups excluding tert-OH is 1. The van der Waals surface area contributed by atoms with Crippen molar-refractivity contribution >= 4 is 17.5 Å². The van der Waals surface area contributed by atoms with Gasteiger partial charge in [0.05, 0.1) is 18.6 Å². The summed E-state index contributed by atoms with van der Waals surface area (Å²) in [6, 6.07) is 16.6. The summed E-state index contributed by atoms with van der Waals surface area (Å²) in [4.78, 5) is 14.0. The molecule has 0 heterocycles. The lowest BCUT2D eigenvalue weighted by atomic mass is 10.0. The quantitative estimate of drug-likeness (QED) is 0.906. The number of carbonyl (C=O) groups is 1. The summed E-state index contributed by atoms with van der Waals surface area (Å²) in [6.45, 7) is 1.94. The molecule has 2 rings (SSSR count). The van der Waals surface area contributed by atoms with E-state index in [1.54, 1.807) is 18.0 Å². The Balaban J connectivity index is 2.02. The first kappa shape index (κ1) is 16.5. The topological polar surface area (TPSA) is 40.5 Å². The van der Waals surface area contributed by atoms with Crippen LogP contribution in [0.5, 0.6) is 0 Å². The number of hydrogen-bond acceptors (Lipinski definition) is 2. The van der Waals surface area contributed by atoms with Crippen molar-refractivity contribution in [3.05, 3.63) is 70.7 Å². The van der Waals surface area contributed by atoms with E-state index in [1.165, 1.54) is 0 Å². The standard InChI is InChI=1S/C18H20ClNO2/c1-13(15-9-6-10-16(19)11-15)20(2)18(22)12-17(21)14-7-4-3-5-8-14/h3-11,13,17,21H,12H2,1-2H3. The normalized spacial score (nSPS) is 13.5. The summed E-state index contributed by atoms with van der Waals surface area (Å²) in [7, 11) is 1.74. The molecule has 2 aromatic carbocycles. The summed E-state index contributed by atoms with van der Waals surface area (Å²) in [6.07, 6.45) is -0.728. The molecule has 2 unspecified atom stereocenters. The van der Waals surface area contributed by atoms with Crippen LogP contribution in [0.4, 0.5) is 0 Å². The highest BCUT2D eigenvalue weighted by molar-refractivity contribution is 6.30. The van der Waals surface area contributed by atoms with Crippen molar-refractivity contribution in [1.82, 2.24) is 4.90 Å². The van der Waals surface area contributed by atoms with E-state index in [1.807, 2.05) is 55.5 Å². The van der Waals surface area contributed by atoms with Gasteiger partial charge in [-0.1, -0.05) is 54.1 Å². The SMILES string of the molecule is CC(c1cccc(Cl)c1)N(C)C(=O)CC(O)c1ccccc1. The van der Waals surface area contributed by atoms with Gasteiger partial charge in [0.15, 0.2) is 0 Å². The van der Waals surface area contributed by atoms with E-state index in [2.05, 4.69) is 0 Å². The Bertz CT molecular complexity index is 630. The zero-order valence-electron chi connectivity index (χ0n) is 12.7. The summed E-state index contributed by atoms with van der Waals surface area (Å²) >= 11 is 5.99. The maximum Gasteiger partial charge on any atom is 0.225 e. The van der Waals surface area contributed by atoms with Gasteiger partial charge in [0, 0.05) is 12.1 Å². The molecule has 3 nitrogen and oxygen atoms in total. The van der Waals surface area contributed by atoms with Gasteiger partial charge in [0.2, 0.25) is 5.91 Å². The van der Waals surface area contributed by atoms with Gasteiger partial charge in [0.25, 0.3) is 0 Å². The molecule has 0 aliphatic rings. The number of halogens is 1. The molecular formula is C18H20ClNO2. The number of amides is 1. The summed E-state index contributed by atoms with van der Waals surface area (Å²) < 4.78 is 0. The molecule has 0 fully saturated rings. The largest absolute Gasteiger partial charge is 0.388 e. The van der Waals surface area contributed by atoms with Crippen LogP contribution in [0.2, 0.25) is 5.02 Å². The van der Waals surface area contributed by atoms with Crippen LogP contribution in [0, 0.1) is 0 Å². The number of rotatable bonds is 5. The third kappa shape index (κ3) is 4.09. The Morgan fingerprint density at radius 3 is 2.41 bits per heavy atom. The molecule has 1 amide bonds.